The molecule has 3 rings (SSSR count). The van der Waals surface area contributed by atoms with E-state index in [0.717, 1.165) is 25.9 Å². The van der Waals surface area contributed by atoms with Crippen LogP contribution in [-0.2, 0) is 0 Å². The van der Waals surface area contributed by atoms with E-state index in [9.17, 15) is 4.79 Å². The monoisotopic (exact) mass is 345 g/mol. The summed E-state index contributed by atoms with van der Waals surface area (Å²) in [7, 11) is 1.59. The third-order valence-corrected chi connectivity index (χ3v) is 4.90. The fraction of sp³-hybridized carbons (Fsp3) is 0.611. The number of methoxy groups -OCH3 is 1. The minimum Gasteiger partial charge on any atom is -0.481 e. The molecule has 1 aliphatic carbocycles. The van der Waals surface area contributed by atoms with Gasteiger partial charge >= 0.3 is 6.03 Å². The second-order valence-corrected chi connectivity index (χ2v) is 6.57. The molecule has 0 unspecified atom stereocenters. The van der Waals surface area contributed by atoms with Gasteiger partial charge in [0, 0.05) is 44.5 Å². The van der Waals surface area contributed by atoms with Crippen molar-refractivity contribution in [2.24, 2.45) is 0 Å². The molecule has 7 nitrogen and oxygen atoms in total. The molecular formula is C18H27N5O2. The number of piperazine rings is 1. The zero-order chi connectivity index (χ0) is 17.6. The van der Waals surface area contributed by atoms with Crippen molar-refractivity contribution < 1.29 is 9.53 Å². The molecule has 1 fully saturated rings. The number of hydrogen-bond acceptors (Lipinski definition) is 5. The van der Waals surface area contributed by atoms with Gasteiger partial charge in [0.2, 0.25) is 11.8 Å². The number of aromatic nitrogens is 2. The van der Waals surface area contributed by atoms with E-state index in [1.807, 2.05) is 4.90 Å². The highest BCUT2D eigenvalue weighted by Gasteiger charge is 2.24. The Bertz CT molecular complexity index is 626. The Morgan fingerprint density at radius 1 is 1.28 bits per heavy atom. The van der Waals surface area contributed by atoms with Gasteiger partial charge in [-0.1, -0.05) is 11.6 Å². The van der Waals surface area contributed by atoms with E-state index >= 15 is 0 Å². The lowest BCUT2D eigenvalue weighted by Gasteiger charge is -2.35. The van der Waals surface area contributed by atoms with Gasteiger partial charge in [-0.15, -0.1) is 0 Å². The maximum atomic E-state index is 12.5. The summed E-state index contributed by atoms with van der Waals surface area (Å²) < 4.78 is 5.15. The maximum absolute atomic E-state index is 12.5. The number of ether oxygens (including phenoxy) is 1. The first-order chi connectivity index (χ1) is 12.2. The van der Waals surface area contributed by atoms with E-state index in [1.165, 1.54) is 18.4 Å². The lowest BCUT2D eigenvalue weighted by molar-refractivity contribution is 0.192. The van der Waals surface area contributed by atoms with Crippen molar-refractivity contribution >= 4 is 12.0 Å². The van der Waals surface area contributed by atoms with Crippen LogP contribution >= 0.6 is 0 Å². The highest BCUT2D eigenvalue weighted by atomic mass is 16.5. The van der Waals surface area contributed by atoms with Gasteiger partial charge in [0.05, 0.1) is 7.11 Å². The third-order valence-electron chi connectivity index (χ3n) is 4.90. The van der Waals surface area contributed by atoms with Crippen molar-refractivity contribution in [2.75, 3.05) is 38.2 Å². The van der Waals surface area contributed by atoms with Crippen LogP contribution in [0, 0.1) is 0 Å². The molecule has 0 bridgehead atoms. The number of nitrogens with zero attached hydrogens (tertiary/aromatic N) is 4. The lowest BCUT2D eigenvalue weighted by atomic mass is 9.95. The predicted molar refractivity (Wildman–Crippen MR) is 96.9 cm³/mol. The zero-order valence-electron chi connectivity index (χ0n) is 15.1. The van der Waals surface area contributed by atoms with Crippen LogP contribution in [0.4, 0.5) is 10.7 Å². The first-order valence-corrected chi connectivity index (χ1v) is 9.03. The van der Waals surface area contributed by atoms with Gasteiger partial charge in [-0.2, -0.15) is 4.98 Å². The molecule has 2 amide bonds. The normalized spacial score (nSPS) is 19.2. The van der Waals surface area contributed by atoms with Gasteiger partial charge in [0.1, 0.15) is 0 Å². The second-order valence-electron chi connectivity index (χ2n) is 6.57. The molecule has 2 heterocycles. The first-order valence-electron chi connectivity index (χ1n) is 9.03. The van der Waals surface area contributed by atoms with Crippen LogP contribution in [0.5, 0.6) is 5.88 Å². The van der Waals surface area contributed by atoms with Crippen molar-refractivity contribution in [1.29, 1.82) is 0 Å². The zero-order valence-corrected chi connectivity index (χ0v) is 15.1. The first kappa shape index (κ1) is 17.5. The van der Waals surface area contributed by atoms with Crippen molar-refractivity contribution in [3.8, 4) is 5.88 Å². The summed E-state index contributed by atoms with van der Waals surface area (Å²) >= 11 is 0. The predicted octanol–water partition coefficient (Wildman–Crippen LogP) is 2.21. The number of anilines is 1. The molecule has 1 saturated heterocycles. The van der Waals surface area contributed by atoms with Gasteiger partial charge < -0.3 is 19.9 Å². The Kier molecular flexibility index (Phi) is 5.73. The molecular weight excluding hydrogens is 318 g/mol. The van der Waals surface area contributed by atoms with Crippen LogP contribution in [0.3, 0.4) is 0 Å². The van der Waals surface area contributed by atoms with E-state index in [1.54, 1.807) is 19.4 Å². The van der Waals surface area contributed by atoms with E-state index in [0.29, 0.717) is 24.9 Å². The number of nitrogens with one attached hydrogen (secondary N) is 1. The molecule has 1 aliphatic heterocycles. The molecule has 7 heteroatoms. The van der Waals surface area contributed by atoms with Crippen molar-refractivity contribution in [3.05, 3.63) is 23.9 Å². The summed E-state index contributed by atoms with van der Waals surface area (Å²) in [6, 6.07) is 1.87. The molecule has 0 spiro atoms. The highest BCUT2D eigenvalue weighted by molar-refractivity contribution is 5.75. The fourth-order valence-electron chi connectivity index (χ4n) is 3.33. The van der Waals surface area contributed by atoms with Crippen molar-refractivity contribution in [3.63, 3.8) is 0 Å². The van der Waals surface area contributed by atoms with E-state index in [2.05, 4.69) is 33.2 Å². The van der Waals surface area contributed by atoms with Gasteiger partial charge in [0.25, 0.3) is 0 Å². The molecule has 1 aromatic rings. The largest absolute Gasteiger partial charge is 0.481 e. The number of allylic oxidation sites excluding steroid dienone is 1. The Hall–Kier alpha value is -2.31. The molecule has 1 N–H and O–H groups in total. The lowest BCUT2D eigenvalue weighted by Crippen LogP contribution is -2.53. The summed E-state index contributed by atoms with van der Waals surface area (Å²) in [5, 5.41) is 3.14. The van der Waals surface area contributed by atoms with E-state index in [4.69, 9.17) is 4.74 Å². The summed E-state index contributed by atoms with van der Waals surface area (Å²) in [5.41, 5.74) is 1.36. The number of carbonyl (C=O) groups excluding carboxylic acids is 1. The third kappa shape index (κ3) is 4.41. The average molecular weight is 345 g/mol. The van der Waals surface area contributed by atoms with E-state index < -0.39 is 0 Å². The van der Waals surface area contributed by atoms with Gasteiger partial charge in [-0.3, -0.25) is 0 Å². The minimum atomic E-state index is 0.0187. The van der Waals surface area contributed by atoms with Crippen LogP contribution in [0.25, 0.3) is 0 Å². The van der Waals surface area contributed by atoms with Gasteiger partial charge in [0.15, 0.2) is 0 Å². The Morgan fingerprint density at radius 3 is 2.76 bits per heavy atom. The molecule has 1 atom stereocenters. The highest BCUT2D eigenvalue weighted by Crippen LogP contribution is 2.20. The maximum Gasteiger partial charge on any atom is 0.317 e. The van der Waals surface area contributed by atoms with E-state index in [-0.39, 0.29) is 12.1 Å². The molecule has 1 aromatic heterocycles. The summed E-state index contributed by atoms with van der Waals surface area (Å²) in [4.78, 5) is 25.1. The Balaban J connectivity index is 1.51. The molecule has 136 valence electrons. The van der Waals surface area contributed by atoms with Crippen LogP contribution in [-0.4, -0.2) is 60.2 Å². The minimum absolute atomic E-state index is 0.0187. The summed E-state index contributed by atoms with van der Waals surface area (Å²) in [5.74, 6) is 1.21. The van der Waals surface area contributed by atoms with Gasteiger partial charge in [-0.05, 0) is 32.6 Å². The van der Waals surface area contributed by atoms with Gasteiger partial charge in [-0.25, -0.2) is 9.78 Å². The second kappa shape index (κ2) is 8.18. The van der Waals surface area contributed by atoms with Crippen LogP contribution < -0.4 is 15.0 Å². The molecule has 0 saturated carbocycles. The quantitative estimate of drug-likeness (QED) is 0.847. The number of hydrogen-bond donors (Lipinski definition) is 1. The summed E-state index contributed by atoms with van der Waals surface area (Å²) in [6.45, 7) is 4.85. The van der Waals surface area contributed by atoms with Crippen LogP contribution in [0.15, 0.2) is 23.9 Å². The number of amides is 2. The Morgan fingerprint density at radius 2 is 2.08 bits per heavy atom. The average Bonchev–Trinajstić information content (AvgIpc) is 2.68. The fourth-order valence-corrected chi connectivity index (χ4v) is 3.33. The number of rotatable bonds is 4. The Labute approximate surface area is 149 Å². The van der Waals surface area contributed by atoms with Crippen LogP contribution in [0.1, 0.15) is 32.6 Å². The molecule has 2 aliphatic rings. The summed E-state index contributed by atoms with van der Waals surface area (Å²) in [6.07, 6.45) is 8.70. The standard InChI is InChI=1S/C18H27N5O2/c1-14(15-6-4-3-5-7-15)20-18(24)23-12-10-22(11-13-23)17-19-9-8-16(21-17)25-2/h6,8-9,14H,3-5,7,10-13H2,1-2H3,(H,20,24)/t14-/m1/s1. The molecule has 25 heavy (non-hydrogen) atoms. The topological polar surface area (TPSA) is 70.6 Å². The van der Waals surface area contributed by atoms with Crippen molar-refractivity contribution in [1.82, 2.24) is 20.2 Å². The number of urea groups is 1. The van der Waals surface area contributed by atoms with Crippen LogP contribution in [0.2, 0.25) is 0 Å². The molecule has 0 radical (unpaired) electrons. The molecule has 0 aromatic carbocycles. The smallest absolute Gasteiger partial charge is 0.317 e. The number of carbonyl (C=O) groups is 1. The SMILES string of the molecule is COc1ccnc(N2CCN(C(=O)N[C@H](C)C3=CCCCC3)CC2)n1. The van der Waals surface area contributed by atoms with Crippen molar-refractivity contribution in [2.45, 2.75) is 38.6 Å².